The molecule has 0 aliphatic rings. The van der Waals surface area contributed by atoms with Crippen LogP contribution in [-0.2, 0) is 27.4 Å². The number of methoxy groups -OCH3 is 1. The van der Waals surface area contributed by atoms with Gasteiger partial charge in [-0.15, -0.1) is 0 Å². The van der Waals surface area contributed by atoms with Crippen molar-refractivity contribution in [1.82, 2.24) is 10.6 Å². The number of nitrogens with one attached hydrogen (secondary N) is 2. The summed E-state index contributed by atoms with van der Waals surface area (Å²) in [5.74, 6) is -0.957. The number of aliphatic carboxylic acids is 1. The van der Waals surface area contributed by atoms with Gasteiger partial charge in [-0.1, -0.05) is 54.4 Å². The van der Waals surface area contributed by atoms with Gasteiger partial charge in [-0.25, -0.2) is 9.59 Å². The van der Waals surface area contributed by atoms with E-state index in [9.17, 15) is 19.5 Å². The van der Waals surface area contributed by atoms with Gasteiger partial charge >= 0.3 is 12.1 Å². The molecule has 0 spiro atoms. The molecular formula is C24H29ClN2O6. The third kappa shape index (κ3) is 9.82. The van der Waals surface area contributed by atoms with Crippen LogP contribution in [0, 0.1) is 0 Å². The van der Waals surface area contributed by atoms with Crippen molar-refractivity contribution in [3.8, 4) is 5.75 Å². The van der Waals surface area contributed by atoms with Gasteiger partial charge in [0.15, 0.2) is 0 Å². The van der Waals surface area contributed by atoms with Crippen LogP contribution in [-0.4, -0.2) is 42.8 Å². The number of carbonyl (C=O) groups excluding carboxylic acids is 2. The molecule has 178 valence electrons. The second kappa shape index (κ2) is 14.0. The Labute approximate surface area is 198 Å². The summed E-state index contributed by atoms with van der Waals surface area (Å²) in [5, 5.41) is 15.0. The molecule has 0 radical (unpaired) electrons. The lowest BCUT2D eigenvalue weighted by atomic mass is 10.1. The van der Waals surface area contributed by atoms with Gasteiger partial charge < -0.3 is 25.2 Å². The molecule has 2 aromatic carbocycles. The van der Waals surface area contributed by atoms with Crippen LogP contribution in [0.3, 0.4) is 0 Å². The van der Waals surface area contributed by atoms with E-state index in [1.165, 1.54) is 7.11 Å². The van der Waals surface area contributed by atoms with Crippen molar-refractivity contribution in [2.24, 2.45) is 0 Å². The molecule has 0 heterocycles. The van der Waals surface area contributed by atoms with Gasteiger partial charge in [0.1, 0.15) is 18.4 Å². The van der Waals surface area contributed by atoms with Crippen LogP contribution in [0.4, 0.5) is 4.79 Å². The summed E-state index contributed by atoms with van der Waals surface area (Å²) in [6.45, 7) is 0.644. The quantitative estimate of drug-likeness (QED) is 0.377. The molecule has 0 saturated carbocycles. The fourth-order valence-electron chi connectivity index (χ4n) is 3.09. The number of carboxylic acid groups (broad SMARTS) is 1. The normalized spacial score (nSPS) is 11.3. The highest BCUT2D eigenvalue weighted by atomic mass is 35.5. The molecule has 0 unspecified atom stereocenters. The fraction of sp³-hybridized carbons (Fsp3) is 0.375. The SMILES string of the molecule is COc1ccc(C[C@H](NC(=O)CCCCCNC(=O)OCc2ccccc2)C(=O)O)cc1Cl. The molecule has 1 atom stereocenters. The van der Waals surface area contributed by atoms with E-state index < -0.39 is 18.1 Å². The Morgan fingerprint density at radius 1 is 1.03 bits per heavy atom. The summed E-state index contributed by atoms with van der Waals surface area (Å²) in [6, 6.07) is 13.3. The maximum Gasteiger partial charge on any atom is 0.407 e. The predicted octanol–water partition coefficient (Wildman–Crippen LogP) is 3.95. The molecule has 0 aliphatic heterocycles. The van der Waals surface area contributed by atoms with Crippen molar-refractivity contribution in [2.75, 3.05) is 13.7 Å². The zero-order valence-corrected chi connectivity index (χ0v) is 19.3. The molecule has 33 heavy (non-hydrogen) atoms. The Morgan fingerprint density at radius 3 is 2.45 bits per heavy atom. The summed E-state index contributed by atoms with van der Waals surface area (Å²) in [5.41, 5.74) is 1.59. The lowest BCUT2D eigenvalue weighted by molar-refractivity contribution is -0.141. The molecule has 9 heteroatoms. The largest absolute Gasteiger partial charge is 0.495 e. The summed E-state index contributed by atoms with van der Waals surface area (Å²) >= 11 is 6.08. The average molecular weight is 477 g/mol. The topological polar surface area (TPSA) is 114 Å². The third-order valence-electron chi connectivity index (χ3n) is 4.85. The molecule has 2 rings (SSSR count). The van der Waals surface area contributed by atoms with E-state index in [0.29, 0.717) is 42.1 Å². The monoisotopic (exact) mass is 476 g/mol. The lowest BCUT2D eigenvalue weighted by Gasteiger charge is -2.15. The predicted molar refractivity (Wildman–Crippen MR) is 124 cm³/mol. The molecular weight excluding hydrogens is 448 g/mol. The number of unbranched alkanes of at least 4 members (excludes halogenated alkanes) is 2. The van der Waals surface area contributed by atoms with E-state index in [1.807, 2.05) is 30.3 Å². The number of carbonyl (C=O) groups is 3. The van der Waals surface area contributed by atoms with Crippen LogP contribution in [0.5, 0.6) is 5.75 Å². The van der Waals surface area contributed by atoms with Gasteiger partial charge in [0.2, 0.25) is 5.91 Å². The zero-order chi connectivity index (χ0) is 24.1. The number of carboxylic acids is 1. The summed E-state index contributed by atoms with van der Waals surface area (Å²) in [7, 11) is 1.49. The van der Waals surface area contributed by atoms with Gasteiger partial charge in [0.25, 0.3) is 0 Å². The van der Waals surface area contributed by atoms with E-state index in [4.69, 9.17) is 21.1 Å². The maximum absolute atomic E-state index is 12.2. The second-order valence-electron chi connectivity index (χ2n) is 7.43. The highest BCUT2D eigenvalue weighted by Gasteiger charge is 2.20. The zero-order valence-electron chi connectivity index (χ0n) is 18.5. The first kappa shape index (κ1) is 26.0. The summed E-state index contributed by atoms with van der Waals surface area (Å²) < 4.78 is 10.2. The van der Waals surface area contributed by atoms with Crippen LogP contribution in [0.25, 0.3) is 0 Å². The number of ether oxygens (including phenoxy) is 2. The first-order valence-electron chi connectivity index (χ1n) is 10.7. The number of hydrogen-bond donors (Lipinski definition) is 3. The molecule has 2 amide bonds. The van der Waals surface area contributed by atoms with Crippen molar-refractivity contribution in [3.05, 3.63) is 64.7 Å². The first-order chi connectivity index (χ1) is 15.9. The summed E-state index contributed by atoms with van der Waals surface area (Å²) in [6.07, 6.45) is 1.79. The molecule has 0 fully saturated rings. The molecule has 2 aromatic rings. The lowest BCUT2D eigenvalue weighted by Crippen LogP contribution is -2.42. The molecule has 0 bridgehead atoms. The van der Waals surface area contributed by atoms with Gasteiger partial charge in [0.05, 0.1) is 12.1 Å². The molecule has 0 aliphatic carbocycles. The Hall–Kier alpha value is -3.26. The number of alkyl carbamates (subject to hydrolysis) is 1. The third-order valence-corrected chi connectivity index (χ3v) is 5.15. The van der Waals surface area contributed by atoms with Crippen LogP contribution >= 0.6 is 11.6 Å². The van der Waals surface area contributed by atoms with E-state index in [0.717, 1.165) is 5.56 Å². The maximum atomic E-state index is 12.2. The minimum Gasteiger partial charge on any atom is -0.495 e. The van der Waals surface area contributed by atoms with Crippen molar-refractivity contribution in [2.45, 2.75) is 44.8 Å². The Morgan fingerprint density at radius 2 is 1.79 bits per heavy atom. The van der Waals surface area contributed by atoms with Crippen LogP contribution < -0.4 is 15.4 Å². The fourth-order valence-corrected chi connectivity index (χ4v) is 3.37. The highest BCUT2D eigenvalue weighted by Crippen LogP contribution is 2.25. The van der Waals surface area contributed by atoms with Crippen LogP contribution in [0.1, 0.15) is 36.8 Å². The number of rotatable bonds is 13. The van der Waals surface area contributed by atoms with E-state index in [2.05, 4.69) is 10.6 Å². The van der Waals surface area contributed by atoms with Crippen LogP contribution in [0.15, 0.2) is 48.5 Å². The van der Waals surface area contributed by atoms with Gasteiger partial charge in [-0.05, 0) is 36.1 Å². The Bertz CT molecular complexity index is 922. The van der Waals surface area contributed by atoms with Crippen molar-refractivity contribution in [3.63, 3.8) is 0 Å². The Kier molecular flexibility index (Phi) is 11.0. The number of benzene rings is 2. The summed E-state index contributed by atoms with van der Waals surface area (Å²) in [4.78, 5) is 35.4. The van der Waals surface area contributed by atoms with Crippen molar-refractivity contribution < 1.29 is 29.0 Å². The number of hydrogen-bond acceptors (Lipinski definition) is 5. The minimum atomic E-state index is -1.12. The number of halogens is 1. The van der Waals surface area contributed by atoms with Crippen molar-refractivity contribution >= 4 is 29.6 Å². The smallest absolute Gasteiger partial charge is 0.407 e. The van der Waals surface area contributed by atoms with E-state index in [-0.39, 0.29) is 25.4 Å². The van der Waals surface area contributed by atoms with Crippen molar-refractivity contribution in [1.29, 1.82) is 0 Å². The van der Waals surface area contributed by atoms with Gasteiger partial charge in [-0.2, -0.15) is 0 Å². The second-order valence-corrected chi connectivity index (χ2v) is 7.84. The highest BCUT2D eigenvalue weighted by molar-refractivity contribution is 6.32. The minimum absolute atomic E-state index is 0.111. The standard InChI is InChI=1S/C24H29ClN2O6/c1-32-21-12-11-18(14-19(21)25)15-20(23(29)30)27-22(28)10-6-3-7-13-26-24(31)33-16-17-8-4-2-5-9-17/h2,4-5,8-9,11-12,14,20H,3,6-7,10,13,15-16H2,1H3,(H,26,31)(H,27,28)(H,29,30)/t20-/m0/s1. The van der Waals surface area contributed by atoms with Gasteiger partial charge in [-0.3, -0.25) is 4.79 Å². The molecule has 0 aromatic heterocycles. The average Bonchev–Trinajstić information content (AvgIpc) is 2.80. The van der Waals surface area contributed by atoms with E-state index >= 15 is 0 Å². The number of amides is 2. The van der Waals surface area contributed by atoms with Gasteiger partial charge in [0, 0.05) is 19.4 Å². The first-order valence-corrected chi connectivity index (χ1v) is 11.1. The molecule has 8 nitrogen and oxygen atoms in total. The van der Waals surface area contributed by atoms with Crippen LogP contribution in [0.2, 0.25) is 5.02 Å². The molecule has 3 N–H and O–H groups in total. The Balaban J connectivity index is 1.62. The molecule has 0 saturated heterocycles. The van der Waals surface area contributed by atoms with E-state index in [1.54, 1.807) is 18.2 Å².